The van der Waals surface area contributed by atoms with Crippen LogP contribution in [0.4, 0.5) is 0 Å². The molecule has 1 rings (SSSR count). The van der Waals surface area contributed by atoms with Gasteiger partial charge in [-0.3, -0.25) is 0 Å². The predicted octanol–water partition coefficient (Wildman–Crippen LogP) is 2.44. The maximum absolute atomic E-state index is 10.8. The Bertz CT molecular complexity index is 203. The van der Waals surface area contributed by atoms with Crippen LogP contribution in [0, 0.1) is 5.92 Å². The van der Waals surface area contributed by atoms with Gasteiger partial charge in [-0.15, -0.1) is 0 Å². The summed E-state index contributed by atoms with van der Waals surface area (Å²) in [6.07, 6.45) is 4.44. The molecule has 0 heterocycles. The Labute approximate surface area is 85.5 Å². The van der Waals surface area contributed by atoms with Gasteiger partial charge in [-0.2, -0.15) is 0 Å². The van der Waals surface area contributed by atoms with Crippen molar-refractivity contribution in [1.82, 2.24) is 0 Å². The summed E-state index contributed by atoms with van der Waals surface area (Å²) in [5, 5.41) is 8.90. The summed E-state index contributed by atoms with van der Waals surface area (Å²) >= 11 is 0. The highest BCUT2D eigenvalue weighted by Gasteiger charge is 2.32. The Hall–Kier alpha value is -0.570. The lowest BCUT2D eigenvalue weighted by atomic mass is 9.88. The smallest absolute Gasteiger partial charge is 0.335 e. The Balaban J connectivity index is 2.41. The maximum atomic E-state index is 10.8. The van der Waals surface area contributed by atoms with Crippen molar-refractivity contribution in [2.75, 3.05) is 0 Å². The third-order valence-electron chi connectivity index (χ3n) is 2.94. The van der Waals surface area contributed by atoms with Crippen LogP contribution in [0.25, 0.3) is 0 Å². The number of aliphatic carboxylic acids is 1. The lowest BCUT2D eigenvalue weighted by Crippen LogP contribution is -2.39. The van der Waals surface area contributed by atoms with E-state index in [2.05, 4.69) is 6.92 Å². The van der Waals surface area contributed by atoms with Crippen molar-refractivity contribution < 1.29 is 14.6 Å². The number of hydrogen-bond acceptors (Lipinski definition) is 2. The van der Waals surface area contributed by atoms with Crippen LogP contribution in [-0.2, 0) is 9.53 Å². The van der Waals surface area contributed by atoms with Crippen molar-refractivity contribution in [3.8, 4) is 0 Å². The van der Waals surface area contributed by atoms with Gasteiger partial charge in [-0.25, -0.2) is 4.79 Å². The van der Waals surface area contributed by atoms with Gasteiger partial charge >= 0.3 is 5.97 Å². The predicted molar refractivity (Wildman–Crippen MR) is 54.2 cm³/mol. The van der Waals surface area contributed by atoms with Crippen molar-refractivity contribution in [3.05, 3.63) is 0 Å². The van der Waals surface area contributed by atoms with E-state index in [1.165, 1.54) is 0 Å². The van der Waals surface area contributed by atoms with Gasteiger partial charge in [0.05, 0.1) is 6.10 Å². The topological polar surface area (TPSA) is 46.5 Å². The highest BCUT2D eigenvalue weighted by Crippen LogP contribution is 2.28. The van der Waals surface area contributed by atoms with E-state index in [1.807, 2.05) is 0 Å². The molecule has 0 amide bonds. The number of carboxylic acids is 1. The zero-order valence-corrected chi connectivity index (χ0v) is 9.25. The molecule has 0 spiro atoms. The van der Waals surface area contributed by atoms with Gasteiger partial charge in [-0.05, 0) is 45.4 Å². The Kier molecular flexibility index (Phi) is 3.53. The summed E-state index contributed by atoms with van der Waals surface area (Å²) in [6, 6.07) is 0. The third-order valence-corrected chi connectivity index (χ3v) is 2.94. The van der Waals surface area contributed by atoms with E-state index in [0.29, 0.717) is 0 Å². The van der Waals surface area contributed by atoms with E-state index >= 15 is 0 Å². The lowest BCUT2D eigenvalue weighted by molar-refractivity contribution is -0.170. The van der Waals surface area contributed by atoms with Crippen LogP contribution in [-0.4, -0.2) is 22.8 Å². The molecular formula is C11H20O3. The van der Waals surface area contributed by atoms with Crippen LogP contribution in [0.2, 0.25) is 0 Å². The van der Waals surface area contributed by atoms with E-state index in [0.717, 1.165) is 31.6 Å². The van der Waals surface area contributed by atoms with Crippen LogP contribution < -0.4 is 0 Å². The molecule has 0 aliphatic heterocycles. The molecule has 1 aliphatic rings. The summed E-state index contributed by atoms with van der Waals surface area (Å²) in [5.41, 5.74) is -1.04. The summed E-state index contributed by atoms with van der Waals surface area (Å²) < 4.78 is 5.59. The number of rotatable bonds is 3. The molecule has 1 N–H and O–H groups in total. The maximum Gasteiger partial charge on any atom is 0.335 e. The van der Waals surface area contributed by atoms with E-state index in [1.54, 1.807) is 13.8 Å². The van der Waals surface area contributed by atoms with Gasteiger partial charge in [0.15, 0.2) is 5.60 Å². The molecule has 1 saturated carbocycles. The minimum absolute atomic E-state index is 0.136. The first-order valence-electron chi connectivity index (χ1n) is 5.33. The molecule has 3 nitrogen and oxygen atoms in total. The SMILES string of the molecule is CC1CCC(OC(C)(C)C(=O)O)CC1. The molecule has 0 aromatic carbocycles. The molecule has 1 fully saturated rings. The average Bonchev–Trinajstić information content (AvgIpc) is 2.08. The minimum atomic E-state index is -1.04. The van der Waals surface area contributed by atoms with E-state index in [-0.39, 0.29) is 6.10 Å². The molecule has 3 heteroatoms. The first-order valence-corrected chi connectivity index (χ1v) is 5.33. The van der Waals surface area contributed by atoms with E-state index in [9.17, 15) is 4.79 Å². The van der Waals surface area contributed by atoms with Crippen molar-refractivity contribution in [2.45, 2.75) is 58.2 Å². The quantitative estimate of drug-likeness (QED) is 0.761. The molecule has 0 aromatic rings. The second-order valence-electron chi connectivity index (χ2n) is 4.82. The number of carboxylic acid groups (broad SMARTS) is 1. The normalized spacial score (nSPS) is 28.8. The van der Waals surface area contributed by atoms with Gasteiger partial charge in [0.2, 0.25) is 0 Å². The van der Waals surface area contributed by atoms with Gasteiger partial charge < -0.3 is 9.84 Å². The van der Waals surface area contributed by atoms with Gasteiger partial charge in [0.1, 0.15) is 0 Å². The second-order valence-corrected chi connectivity index (χ2v) is 4.82. The number of carbonyl (C=O) groups is 1. The first-order chi connectivity index (χ1) is 6.42. The zero-order chi connectivity index (χ0) is 10.8. The fourth-order valence-electron chi connectivity index (χ4n) is 1.81. The summed E-state index contributed by atoms with van der Waals surface area (Å²) in [7, 11) is 0. The molecule has 0 aromatic heterocycles. The molecule has 82 valence electrons. The molecular weight excluding hydrogens is 180 g/mol. The van der Waals surface area contributed by atoms with Gasteiger partial charge in [-0.1, -0.05) is 6.92 Å². The van der Waals surface area contributed by atoms with Crippen LogP contribution in [0.3, 0.4) is 0 Å². The molecule has 0 saturated heterocycles. The molecule has 0 bridgehead atoms. The van der Waals surface area contributed by atoms with Crippen LogP contribution in [0.15, 0.2) is 0 Å². The van der Waals surface area contributed by atoms with E-state index < -0.39 is 11.6 Å². The fourth-order valence-corrected chi connectivity index (χ4v) is 1.81. The van der Waals surface area contributed by atoms with Gasteiger partial charge in [0, 0.05) is 0 Å². The summed E-state index contributed by atoms with van der Waals surface area (Å²) in [5.74, 6) is -0.112. The second kappa shape index (κ2) is 4.30. The molecule has 0 atom stereocenters. The Morgan fingerprint density at radius 2 is 1.79 bits per heavy atom. The Morgan fingerprint density at radius 1 is 1.29 bits per heavy atom. The summed E-state index contributed by atoms with van der Waals surface area (Å²) in [6.45, 7) is 5.47. The lowest BCUT2D eigenvalue weighted by Gasteiger charge is -2.31. The average molecular weight is 200 g/mol. The van der Waals surface area contributed by atoms with Crippen LogP contribution in [0.1, 0.15) is 46.5 Å². The van der Waals surface area contributed by atoms with Crippen molar-refractivity contribution in [2.24, 2.45) is 5.92 Å². The van der Waals surface area contributed by atoms with Crippen molar-refractivity contribution in [3.63, 3.8) is 0 Å². The number of hydrogen-bond donors (Lipinski definition) is 1. The fraction of sp³-hybridized carbons (Fsp3) is 0.909. The van der Waals surface area contributed by atoms with Crippen molar-refractivity contribution >= 4 is 5.97 Å². The van der Waals surface area contributed by atoms with E-state index in [4.69, 9.17) is 9.84 Å². The summed E-state index contributed by atoms with van der Waals surface area (Å²) in [4.78, 5) is 10.8. The first kappa shape index (κ1) is 11.5. The van der Waals surface area contributed by atoms with Crippen molar-refractivity contribution in [1.29, 1.82) is 0 Å². The molecule has 0 unspecified atom stereocenters. The Morgan fingerprint density at radius 3 is 2.21 bits per heavy atom. The van der Waals surface area contributed by atoms with Crippen LogP contribution >= 0.6 is 0 Å². The largest absolute Gasteiger partial charge is 0.479 e. The highest BCUT2D eigenvalue weighted by molar-refractivity contribution is 5.76. The molecule has 0 radical (unpaired) electrons. The van der Waals surface area contributed by atoms with Crippen LogP contribution in [0.5, 0.6) is 0 Å². The molecule has 1 aliphatic carbocycles. The highest BCUT2D eigenvalue weighted by atomic mass is 16.5. The third kappa shape index (κ3) is 2.98. The minimum Gasteiger partial charge on any atom is -0.479 e. The standard InChI is InChI=1S/C11H20O3/c1-8-4-6-9(7-5-8)14-11(2,3)10(12)13/h8-9H,4-7H2,1-3H3,(H,12,13). The number of ether oxygens (including phenoxy) is 1. The zero-order valence-electron chi connectivity index (χ0n) is 9.25. The monoisotopic (exact) mass is 200 g/mol. The van der Waals surface area contributed by atoms with Gasteiger partial charge in [0.25, 0.3) is 0 Å². The molecule has 14 heavy (non-hydrogen) atoms.